The van der Waals surface area contributed by atoms with Gasteiger partial charge in [0.25, 0.3) is 0 Å². The van der Waals surface area contributed by atoms with E-state index in [-0.39, 0.29) is 0 Å². The first-order valence-electron chi connectivity index (χ1n) is 6.06. The summed E-state index contributed by atoms with van der Waals surface area (Å²) in [7, 11) is 0. The molecule has 2 aromatic rings. The second kappa shape index (κ2) is 5.98. The lowest BCUT2D eigenvalue weighted by molar-refractivity contribution is 0.672. The van der Waals surface area contributed by atoms with Gasteiger partial charge in [-0.25, -0.2) is 0 Å². The Hall–Kier alpha value is -1.13. The number of aromatic nitrogens is 2. The lowest BCUT2D eigenvalue weighted by Gasteiger charge is -2.01. The topological polar surface area (TPSA) is 29.9 Å². The molecule has 4 heteroatoms. The number of nitrogens with one attached hydrogen (secondary N) is 1. The first-order chi connectivity index (χ1) is 8.29. The van der Waals surface area contributed by atoms with Crippen LogP contribution < -0.4 is 5.32 Å². The largest absolute Gasteiger partial charge is 0.312 e. The van der Waals surface area contributed by atoms with Gasteiger partial charge in [0.15, 0.2) is 0 Å². The summed E-state index contributed by atoms with van der Waals surface area (Å²) < 4.78 is 2.04. The van der Waals surface area contributed by atoms with Gasteiger partial charge < -0.3 is 5.32 Å². The second-order valence-corrected chi connectivity index (χ2v) is 5.43. The van der Waals surface area contributed by atoms with E-state index in [0.29, 0.717) is 0 Å². The number of rotatable bonds is 6. The summed E-state index contributed by atoms with van der Waals surface area (Å²) in [5.41, 5.74) is 1.21. The average Bonchev–Trinajstić information content (AvgIpc) is 2.91. The van der Waals surface area contributed by atoms with E-state index >= 15 is 0 Å². The lowest BCUT2D eigenvalue weighted by Crippen LogP contribution is -2.12. The van der Waals surface area contributed by atoms with E-state index in [1.807, 2.05) is 28.3 Å². The van der Waals surface area contributed by atoms with Crippen molar-refractivity contribution in [3.05, 3.63) is 39.8 Å². The molecule has 0 saturated heterocycles. The Balaban J connectivity index is 1.92. The van der Waals surface area contributed by atoms with Crippen LogP contribution in [0, 0.1) is 6.92 Å². The van der Waals surface area contributed by atoms with E-state index in [2.05, 4.69) is 36.4 Å². The fraction of sp³-hybridized carbons (Fsp3) is 0.462. The summed E-state index contributed by atoms with van der Waals surface area (Å²) in [6.07, 6.45) is 3.04. The van der Waals surface area contributed by atoms with Gasteiger partial charge in [-0.3, -0.25) is 4.68 Å². The maximum Gasteiger partial charge on any atom is 0.0755 e. The Bertz CT molecular complexity index is 459. The molecule has 0 aromatic carbocycles. The van der Waals surface area contributed by atoms with E-state index in [1.54, 1.807) is 0 Å². The van der Waals surface area contributed by atoms with E-state index in [4.69, 9.17) is 0 Å². The number of thiophene rings is 1. The number of nitrogens with zero attached hydrogens (tertiary/aromatic N) is 2. The van der Waals surface area contributed by atoms with Gasteiger partial charge >= 0.3 is 0 Å². The van der Waals surface area contributed by atoms with E-state index < -0.39 is 0 Å². The van der Waals surface area contributed by atoms with Gasteiger partial charge in [0, 0.05) is 28.2 Å². The minimum absolute atomic E-state index is 0.886. The molecule has 0 unspecified atom stereocenters. The normalized spacial score (nSPS) is 10.9. The summed E-state index contributed by atoms with van der Waals surface area (Å²) in [6, 6.07) is 6.45. The van der Waals surface area contributed by atoms with Crippen molar-refractivity contribution >= 4 is 11.3 Å². The summed E-state index contributed by atoms with van der Waals surface area (Å²) >= 11 is 1.87. The highest BCUT2D eigenvalue weighted by molar-refractivity contribution is 7.11. The molecule has 0 saturated carbocycles. The fourth-order valence-corrected chi connectivity index (χ4v) is 2.67. The molecule has 0 aliphatic rings. The van der Waals surface area contributed by atoms with Crippen LogP contribution in [-0.2, 0) is 13.1 Å². The van der Waals surface area contributed by atoms with Gasteiger partial charge in [0.05, 0.1) is 6.54 Å². The molecule has 2 rings (SSSR count). The van der Waals surface area contributed by atoms with Crippen LogP contribution in [0.15, 0.2) is 24.4 Å². The molecule has 0 aliphatic heterocycles. The molecule has 0 fully saturated rings. The summed E-state index contributed by atoms with van der Waals surface area (Å²) in [4.78, 5) is 2.77. The SMILES string of the molecule is CCCNCc1ccc(Cn2nccc2C)s1. The third-order valence-corrected chi connectivity index (χ3v) is 3.75. The van der Waals surface area contributed by atoms with E-state index in [0.717, 1.165) is 19.6 Å². The Morgan fingerprint density at radius 1 is 1.29 bits per heavy atom. The number of hydrogen-bond donors (Lipinski definition) is 1. The highest BCUT2D eigenvalue weighted by Gasteiger charge is 2.03. The summed E-state index contributed by atoms with van der Waals surface area (Å²) in [5, 5.41) is 7.73. The summed E-state index contributed by atoms with van der Waals surface area (Å²) in [5.74, 6) is 0. The van der Waals surface area contributed by atoms with Crippen LogP contribution in [0.2, 0.25) is 0 Å². The van der Waals surface area contributed by atoms with Crippen LogP contribution in [0.3, 0.4) is 0 Å². The fourth-order valence-electron chi connectivity index (χ4n) is 1.70. The van der Waals surface area contributed by atoms with Crippen molar-refractivity contribution in [2.24, 2.45) is 0 Å². The second-order valence-electron chi connectivity index (χ2n) is 4.18. The Morgan fingerprint density at radius 3 is 2.82 bits per heavy atom. The Morgan fingerprint density at radius 2 is 2.12 bits per heavy atom. The van der Waals surface area contributed by atoms with Crippen LogP contribution in [0.4, 0.5) is 0 Å². The minimum atomic E-state index is 0.886. The monoisotopic (exact) mass is 249 g/mol. The molecule has 0 atom stereocenters. The zero-order chi connectivity index (χ0) is 12.1. The third kappa shape index (κ3) is 3.41. The highest BCUT2D eigenvalue weighted by atomic mass is 32.1. The van der Waals surface area contributed by atoms with Crippen molar-refractivity contribution in [3.8, 4) is 0 Å². The molecule has 0 aliphatic carbocycles. The zero-order valence-corrected chi connectivity index (χ0v) is 11.3. The van der Waals surface area contributed by atoms with Crippen LogP contribution >= 0.6 is 11.3 Å². The third-order valence-electron chi connectivity index (χ3n) is 2.68. The van der Waals surface area contributed by atoms with Crippen molar-refractivity contribution in [1.82, 2.24) is 15.1 Å². The van der Waals surface area contributed by atoms with E-state index in [9.17, 15) is 0 Å². The smallest absolute Gasteiger partial charge is 0.0755 e. The maximum atomic E-state index is 4.30. The van der Waals surface area contributed by atoms with Crippen molar-refractivity contribution in [2.75, 3.05) is 6.54 Å². The zero-order valence-electron chi connectivity index (χ0n) is 10.4. The molecule has 0 amide bonds. The van der Waals surface area contributed by atoms with Gasteiger partial charge in [-0.1, -0.05) is 6.92 Å². The Labute approximate surface area is 106 Å². The quantitative estimate of drug-likeness (QED) is 0.798. The molecule has 2 heterocycles. The van der Waals surface area contributed by atoms with Crippen LogP contribution in [0.25, 0.3) is 0 Å². The molecule has 3 nitrogen and oxygen atoms in total. The van der Waals surface area contributed by atoms with E-state index in [1.165, 1.54) is 21.9 Å². The molecule has 17 heavy (non-hydrogen) atoms. The van der Waals surface area contributed by atoms with Gasteiger partial charge in [-0.05, 0) is 38.1 Å². The van der Waals surface area contributed by atoms with Gasteiger partial charge in [0.2, 0.25) is 0 Å². The molecule has 92 valence electrons. The molecule has 0 bridgehead atoms. The molecule has 0 radical (unpaired) electrons. The van der Waals surface area contributed by atoms with Gasteiger partial charge in [0.1, 0.15) is 0 Å². The first kappa shape index (κ1) is 12.3. The van der Waals surface area contributed by atoms with Crippen molar-refractivity contribution in [2.45, 2.75) is 33.4 Å². The standard InChI is InChI=1S/C13H19N3S/c1-3-7-14-9-12-4-5-13(17-12)10-16-11(2)6-8-15-16/h4-6,8,14H,3,7,9-10H2,1-2H3. The highest BCUT2D eigenvalue weighted by Crippen LogP contribution is 2.17. The van der Waals surface area contributed by atoms with Crippen LogP contribution in [0.5, 0.6) is 0 Å². The van der Waals surface area contributed by atoms with Gasteiger partial charge in [-0.2, -0.15) is 5.10 Å². The van der Waals surface area contributed by atoms with Crippen LogP contribution in [0.1, 0.15) is 28.8 Å². The predicted molar refractivity (Wildman–Crippen MR) is 72.4 cm³/mol. The molecule has 0 spiro atoms. The molecule has 2 aromatic heterocycles. The van der Waals surface area contributed by atoms with Crippen molar-refractivity contribution in [3.63, 3.8) is 0 Å². The minimum Gasteiger partial charge on any atom is -0.312 e. The summed E-state index contributed by atoms with van der Waals surface area (Å²) in [6.45, 7) is 7.23. The lowest BCUT2D eigenvalue weighted by atomic mass is 10.4. The van der Waals surface area contributed by atoms with Crippen molar-refractivity contribution in [1.29, 1.82) is 0 Å². The Kier molecular flexibility index (Phi) is 4.34. The molecule has 1 N–H and O–H groups in total. The molecular weight excluding hydrogens is 230 g/mol. The maximum absolute atomic E-state index is 4.30. The average molecular weight is 249 g/mol. The molecular formula is C13H19N3S. The number of aryl methyl sites for hydroxylation is 1. The predicted octanol–water partition coefficient (Wildman–Crippen LogP) is 2.80. The van der Waals surface area contributed by atoms with Crippen molar-refractivity contribution < 1.29 is 0 Å². The van der Waals surface area contributed by atoms with Gasteiger partial charge in [-0.15, -0.1) is 11.3 Å². The number of hydrogen-bond acceptors (Lipinski definition) is 3. The first-order valence-corrected chi connectivity index (χ1v) is 6.88. The van der Waals surface area contributed by atoms with Crippen LogP contribution in [-0.4, -0.2) is 16.3 Å².